The van der Waals surface area contributed by atoms with Gasteiger partial charge in [0, 0.05) is 17.7 Å². The molecule has 0 fully saturated rings. The Morgan fingerprint density at radius 1 is 1.12 bits per heavy atom. The molecule has 26 heavy (non-hydrogen) atoms. The minimum absolute atomic E-state index is 0.0628. The van der Waals surface area contributed by atoms with Gasteiger partial charge in [-0.15, -0.1) is 0 Å². The van der Waals surface area contributed by atoms with E-state index in [4.69, 9.17) is 0 Å². The fourth-order valence-corrected chi connectivity index (χ4v) is 2.47. The lowest BCUT2D eigenvalue weighted by Crippen LogP contribution is -2.13. The molecule has 2 aromatic carbocycles. The van der Waals surface area contributed by atoms with E-state index in [-0.39, 0.29) is 11.4 Å². The Kier molecular flexibility index (Phi) is 4.12. The van der Waals surface area contributed by atoms with Crippen LogP contribution in [-0.2, 0) is 0 Å². The van der Waals surface area contributed by atoms with Crippen molar-refractivity contribution in [1.29, 1.82) is 5.26 Å². The van der Waals surface area contributed by atoms with Crippen LogP contribution in [0.3, 0.4) is 0 Å². The topological polar surface area (TPSA) is 156 Å². The van der Waals surface area contributed by atoms with Crippen LogP contribution in [0.5, 0.6) is 0 Å². The van der Waals surface area contributed by atoms with Crippen molar-refractivity contribution >= 4 is 28.2 Å². The molecule has 0 bridgehead atoms. The van der Waals surface area contributed by atoms with Crippen LogP contribution in [0.2, 0.25) is 0 Å². The Labute approximate surface area is 145 Å². The summed E-state index contributed by atoms with van der Waals surface area (Å²) in [6.07, 6.45) is 0. The summed E-state index contributed by atoms with van der Waals surface area (Å²) >= 11 is 0. The zero-order valence-electron chi connectivity index (χ0n) is 12.9. The van der Waals surface area contributed by atoms with Crippen LogP contribution >= 0.6 is 0 Å². The number of fused-ring (bicyclic) bond motifs is 1. The van der Waals surface area contributed by atoms with Gasteiger partial charge in [0.25, 0.3) is 11.4 Å². The number of hydrogen-bond donors (Lipinski definition) is 1. The number of hydrogen-bond acceptors (Lipinski definition) is 7. The summed E-state index contributed by atoms with van der Waals surface area (Å²) in [7, 11) is 0. The smallest absolute Gasteiger partial charge is 0.277 e. The molecule has 1 unspecified atom stereocenters. The average molecular weight is 351 g/mol. The molecule has 0 aliphatic heterocycles. The zero-order chi connectivity index (χ0) is 18.8. The number of non-ortho nitro benzene ring substituents is 2. The van der Waals surface area contributed by atoms with Crippen molar-refractivity contribution < 1.29 is 14.6 Å². The zero-order valence-corrected chi connectivity index (χ0v) is 12.9. The number of nitro benzene ring substituents is 2. The standard InChI is InChI=1S/C16H9N5O5/c17-8-12(16-18-13-3-1-2-4-14(13)19-16)15(22)9-5-10(20(23)24)7-11(6-9)21(25)26/h1-7,12H,(H,18,19). The van der Waals surface area contributed by atoms with E-state index in [1.54, 1.807) is 30.3 Å². The van der Waals surface area contributed by atoms with Gasteiger partial charge < -0.3 is 4.98 Å². The molecule has 3 rings (SSSR count). The second kappa shape index (κ2) is 6.40. The van der Waals surface area contributed by atoms with E-state index in [9.17, 15) is 30.3 Å². The molecule has 10 heteroatoms. The van der Waals surface area contributed by atoms with E-state index >= 15 is 0 Å². The highest BCUT2D eigenvalue weighted by Crippen LogP contribution is 2.27. The van der Waals surface area contributed by atoms with Gasteiger partial charge >= 0.3 is 0 Å². The lowest BCUT2D eigenvalue weighted by atomic mass is 9.97. The van der Waals surface area contributed by atoms with Gasteiger partial charge in [-0.1, -0.05) is 12.1 Å². The lowest BCUT2D eigenvalue weighted by molar-refractivity contribution is -0.394. The number of Topliss-reactive ketones (excluding diaryl/α,β-unsaturated/α-hetero) is 1. The molecule has 0 saturated heterocycles. The van der Waals surface area contributed by atoms with Crippen molar-refractivity contribution in [3.05, 3.63) is 74.1 Å². The normalized spacial score (nSPS) is 11.7. The van der Waals surface area contributed by atoms with Crippen molar-refractivity contribution in [2.75, 3.05) is 0 Å². The van der Waals surface area contributed by atoms with Crippen molar-refractivity contribution in [1.82, 2.24) is 9.97 Å². The van der Waals surface area contributed by atoms with E-state index in [1.165, 1.54) is 0 Å². The van der Waals surface area contributed by atoms with Crippen LogP contribution in [0.4, 0.5) is 11.4 Å². The van der Waals surface area contributed by atoms with Gasteiger partial charge in [0.05, 0.1) is 33.0 Å². The third kappa shape index (κ3) is 2.96. The van der Waals surface area contributed by atoms with Crippen LogP contribution in [0, 0.1) is 31.6 Å². The second-order valence-electron chi connectivity index (χ2n) is 5.32. The van der Waals surface area contributed by atoms with Crippen LogP contribution in [0.1, 0.15) is 22.1 Å². The molecular formula is C16H9N5O5. The van der Waals surface area contributed by atoms with E-state index < -0.39 is 32.9 Å². The first-order chi connectivity index (χ1) is 12.4. The van der Waals surface area contributed by atoms with Crippen LogP contribution in [0.25, 0.3) is 11.0 Å². The summed E-state index contributed by atoms with van der Waals surface area (Å²) in [6.45, 7) is 0. The van der Waals surface area contributed by atoms with Crippen molar-refractivity contribution in [2.24, 2.45) is 0 Å². The fraction of sp³-hybridized carbons (Fsp3) is 0.0625. The molecule has 0 amide bonds. The van der Waals surface area contributed by atoms with Crippen LogP contribution in [-0.4, -0.2) is 25.6 Å². The van der Waals surface area contributed by atoms with Gasteiger partial charge in [-0.05, 0) is 12.1 Å². The van der Waals surface area contributed by atoms with Crippen LogP contribution < -0.4 is 0 Å². The van der Waals surface area contributed by atoms with E-state index in [1.807, 2.05) is 0 Å². The van der Waals surface area contributed by atoms with Crippen molar-refractivity contribution in [3.63, 3.8) is 0 Å². The summed E-state index contributed by atoms with van der Waals surface area (Å²) in [5.74, 6) is -2.14. The Hall–Kier alpha value is -4.13. The van der Waals surface area contributed by atoms with Gasteiger partial charge in [-0.2, -0.15) is 5.26 Å². The molecule has 0 radical (unpaired) electrons. The van der Waals surface area contributed by atoms with Gasteiger partial charge in [-0.25, -0.2) is 4.98 Å². The quantitative estimate of drug-likeness (QED) is 0.420. The van der Waals surface area contributed by atoms with E-state index in [0.29, 0.717) is 11.0 Å². The number of H-pyrrole nitrogens is 1. The van der Waals surface area contributed by atoms with Crippen LogP contribution in [0.15, 0.2) is 42.5 Å². The minimum atomic E-state index is -1.39. The fourth-order valence-electron chi connectivity index (χ4n) is 2.47. The van der Waals surface area contributed by atoms with Gasteiger partial charge in [0.15, 0.2) is 11.7 Å². The maximum Gasteiger partial charge on any atom is 0.277 e. The van der Waals surface area contributed by atoms with E-state index in [0.717, 1.165) is 18.2 Å². The number of rotatable bonds is 5. The van der Waals surface area contributed by atoms with Crippen molar-refractivity contribution in [2.45, 2.75) is 5.92 Å². The molecule has 0 aliphatic rings. The number of nitriles is 1. The number of nitro groups is 2. The highest BCUT2D eigenvalue weighted by Gasteiger charge is 2.28. The lowest BCUT2D eigenvalue weighted by Gasteiger charge is -2.05. The minimum Gasteiger partial charge on any atom is -0.340 e. The average Bonchev–Trinajstić information content (AvgIpc) is 3.05. The number of nitrogens with one attached hydrogen (secondary N) is 1. The molecule has 1 N–H and O–H groups in total. The molecule has 1 atom stereocenters. The first-order valence-corrected chi connectivity index (χ1v) is 7.23. The summed E-state index contributed by atoms with van der Waals surface area (Å²) in [5.41, 5.74) is -0.369. The molecule has 1 aromatic heterocycles. The molecule has 0 saturated carbocycles. The second-order valence-corrected chi connectivity index (χ2v) is 5.32. The largest absolute Gasteiger partial charge is 0.340 e. The summed E-state index contributed by atoms with van der Waals surface area (Å²) in [4.78, 5) is 40.0. The highest BCUT2D eigenvalue weighted by atomic mass is 16.6. The molecule has 0 spiro atoms. The summed E-state index contributed by atoms with van der Waals surface area (Å²) in [5, 5.41) is 31.3. The first-order valence-electron chi connectivity index (χ1n) is 7.23. The molecule has 128 valence electrons. The van der Waals surface area contributed by atoms with Gasteiger partial charge in [0.1, 0.15) is 5.82 Å². The Morgan fingerprint density at radius 2 is 1.73 bits per heavy atom. The number of benzene rings is 2. The highest BCUT2D eigenvalue weighted by molar-refractivity contribution is 6.03. The number of ketones is 1. The Morgan fingerprint density at radius 3 is 2.27 bits per heavy atom. The van der Waals surface area contributed by atoms with Gasteiger partial charge in [0.2, 0.25) is 0 Å². The molecule has 0 aliphatic carbocycles. The Bertz CT molecular complexity index is 1030. The Balaban J connectivity index is 2.07. The number of imidazole rings is 1. The molecular weight excluding hydrogens is 342 g/mol. The predicted octanol–water partition coefficient (Wildman–Crippen LogP) is 2.87. The summed E-state index contributed by atoms with van der Waals surface area (Å²) < 4.78 is 0. The predicted molar refractivity (Wildman–Crippen MR) is 88.5 cm³/mol. The number of nitrogens with zero attached hydrogens (tertiary/aromatic N) is 4. The SMILES string of the molecule is N#CC(C(=O)c1cc([N+](=O)[O-])cc([N+](=O)[O-])c1)c1nc2ccccc2[nH]1. The molecule has 1 heterocycles. The third-order valence-electron chi connectivity index (χ3n) is 3.68. The summed E-state index contributed by atoms with van der Waals surface area (Å²) in [6, 6.07) is 11.2. The number of aromatic nitrogens is 2. The van der Waals surface area contributed by atoms with Crippen molar-refractivity contribution in [3.8, 4) is 6.07 Å². The van der Waals surface area contributed by atoms with Gasteiger partial charge in [-0.3, -0.25) is 25.0 Å². The third-order valence-corrected chi connectivity index (χ3v) is 3.68. The number of aromatic amines is 1. The number of para-hydroxylation sites is 2. The molecule has 3 aromatic rings. The maximum atomic E-state index is 12.7. The monoisotopic (exact) mass is 351 g/mol. The number of carbonyl (C=O) groups is 1. The molecule has 10 nitrogen and oxygen atoms in total. The maximum absolute atomic E-state index is 12.7. The number of carbonyl (C=O) groups excluding carboxylic acids is 1. The van der Waals surface area contributed by atoms with E-state index in [2.05, 4.69) is 9.97 Å². The first kappa shape index (κ1) is 16.7.